The smallest absolute Gasteiger partial charge is 0.159 e. The summed E-state index contributed by atoms with van der Waals surface area (Å²) in [6.07, 6.45) is 0.931. The molecule has 0 saturated carbocycles. The van der Waals surface area contributed by atoms with Gasteiger partial charge in [-0.15, -0.1) is 11.8 Å². The lowest BCUT2D eigenvalue weighted by Crippen LogP contribution is -1.92. The molecular weight excluding hydrogens is 304 g/mol. The number of Topliss-reactive ketones (excluding diaryl/α,β-unsaturated/α-hetero) is 1. The average Bonchev–Trinajstić information content (AvgIpc) is 2.93. The van der Waals surface area contributed by atoms with E-state index in [1.807, 2.05) is 36.4 Å². The van der Waals surface area contributed by atoms with Crippen LogP contribution in [0.3, 0.4) is 0 Å². The molecule has 0 fully saturated rings. The number of ketones is 1. The number of hydrogen-bond acceptors (Lipinski definition) is 3. The predicted molar refractivity (Wildman–Crippen MR) is 86.7 cm³/mol. The van der Waals surface area contributed by atoms with E-state index >= 15 is 0 Å². The quantitative estimate of drug-likeness (QED) is 0.600. The highest BCUT2D eigenvalue weighted by Gasteiger charge is 2.17. The van der Waals surface area contributed by atoms with Crippen LogP contribution in [0.4, 0.5) is 0 Å². The highest BCUT2D eigenvalue weighted by Crippen LogP contribution is 2.36. The normalized spacial score (nSPS) is 12.9. The van der Waals surface area contributed by atoms with Crippen molar-refractivity contribution in [3.8, 4) is 5.75 Å². The van der Waals surface area contributed by atoms with E-state index < -0.39 is 0 Å². The van der Waals surface area contributed by atoms with Crippen molar-refractivity contribution in [3.05, 3.63) is 58.1 Å². The minimum Gasteiger partial charge on any atom is -0.493 e. The summed E-state index contributed by atoms with van der Waals surface area (Å²) in [6, 6.07) is 11.6. The van der Waals surface area contributed by atoms with Crippen LogP contribution in [-0.2, 0) is 12.2 Å². The van der Waals surface area contributed by atoms with E-state index in [4.69, 9.17) is 16.3 Å². The Balaban J connectivity index is 1.75. The third-order valence-electron chi connectivity index (χ3n) is 3.48. The van der Waals surface area contributed by atoms with E-state index in [-0.39, 0.29) is 5.78 Å². The summed E-state index contributed by atoms with van der Waals surface area (Å²) in [5.41, 5.74) is 3.08. The number of ether oxygens (including phenoxy) is 1. The van der Waals surface area contributed by atoms with Gasteiger partial charge in [0.05, 0.1) is 6.61 Å². The molecule has 0 aromatic heterocycles. The van der Waals surface area contributed by atoms with Gasteiger partial charge in [-0.25, -0.2) is 0 Å². The fraction of sp³-hybridized carbons (Fsp3) is 0.235. The topological polar surface area (TPSA) is 26.3 Å². The molecule has 1 heterocycles. The predicted octanol–water partition coefficient (Wildman–Crippen LogP) is 4.77. The molecule has 1 aliphatic rings. The molecule has 0 amide bonds. The van der Waals surface area contributed by atoms with E-state index in [9.17, 15) is 4.79 Å². The van der Waals surface area contributed by atoms with Gasteiger partial charge >= 0.3 is 0 Å². The van der Waals surface area contributed by atoms with Gasteiger partial charge in [-0.1, -0.05) is 23.7 Å². The van der Waals surface area contributed by atoms with Crippen LogP contribution in [0.15, 0.2) is 41.3 Å². The van der Waals surface area contributed by atoms with Crippen LogP contribution in [0.25, 0.3) is 0 Å². The molecule has 0 saturated heterocycles. The van der Waals surface area contributed by atoms with Gasteiger partial charge in [0, 0.05) is 33.2 Å². The minimum atomic E-state index is 0.0904. The molecule has 0 aliphatic carbocycles. The lowest BCUT2D eigenvalue weighted by Gasteiger charge is -2.09. The van der Waals surface area contributed by atoms with Crippen LogP contribution in [0.2, 0.25) is 5.02 Å². The van der Waals surface area contributed by atoms with E-state index in [1.165, 1.54) is 5.56 Å². The number of halogens is 1. The number of thioether (sulfide) groups is 1. The van der Waals surface area contributed by atoms with Crippen LogP contribution < -0.4 is 4.74 Å². The first-order valence-electron chi connectivity index (χ1n) is 6.81. The molecule has 2 nitrogen and oxygen atoms in total. The first-order chi connectivity index (χ1) is 10.1. The summed E-state index contributed by atoms with van der Waals surface area (Å²) >= 11 is 7.88. The van der Waals surface area contributed by atoms with Gasteiger partial charge in [0.1, 0.15) is 5.75 Å². The molecule has 108 valence electrons. The maximum Gasteiger partial charge on any atom is 0.159 e. The zero-order chi connectivity index (χ0) is 14.8. The molecule has 0 atom stereocenters. The van der Waals surface area contributed by atoms with Crippen molar-refractivity contribution in [1.29, 1.82) is 0 Å². The van der Waals surface area contributed by atoms with E-state index in [1.54, 1.807) is 18.7 Å². The number of benzene rings is 2. The van der Waals surface area contributed by atoms with Crippen LogP contribution in [0.5, 0.6) is 5.75 Å². The summed E-state index contributed by atoms with van der Waals surface area (Å²) in [7, 11) is 0. The fourth-order valence-corrected chi connectivity index (χ4v) is 3.53. The third-order valence-corrected chi connectivity index (χ3v) is 4.76. The number of hydrogen-bond donors (Lipinski definition) is 0. The van der Waals surface area contributed by atoms with Gasteiger partial charge in [-0.05, 0) is 36.8 Å². The molecule has 21 heavy (non-hydrogen) atoms. The number of rotatable bonds is 4. The highest BCUT2D eigenvalue weighted by atomic mass is 35.5. The van der Waals surface area contributed by atoms with E-state index in [0.29, 0.717) is 0 Å². The van der Waals surface area contributed by atoms with Crippen LogP contribution in [-0.4, -0.2) is 12.4 Å². The average molecular weight is 319 g/mol. The molecule has 2 aromatic carbocycles. The number of carbonyl (C=O) groups excluding carboxylic acids is 1. The van der Waals surface area contributed by atoms with Gasteiger partial charge in [0.15, 0.2) is 5.78 Å². The number of fused-ring (bicyclic) bond motifs is 1. The summed E-state index contributed by atoms with van der Waals surface area (Å²) in [5.74, 6) is 1.89. The monoisotopic (exact) mass is 318 g/mol. The zero-order valence-corrected chi connectivity index (χ0v) is 13.3. The zero-order valence-electron chi connectivity index (χ0n) is 11.7. The Bertz CT molecular complexity index is 680. The minimum absolute atomic E-state index is 0.0904. The van der Waals surface area contributed by atoms with Crippen molar-refractivity contribution < 1.29 is 9.53 Å². The van der Waals surface area contributed by atoms with Gasteiger partial charge in [-0.2, -0.15) is 0 Å². The molecule has 4 heteroatoms. The Kier molecular flexibility index (Phi) is 4.22. The van der Waals surface area contributed by atoms with Gasteiger partial charge < -0.3 is 4.74 Å². The van der Waals surface area contributed by atoms with Gasteiger partial charge in [0.2, 0.25) is 0 Å². The summed E-state index contributed by atoms with van der Waals surface area (Å²) in [5, 5.41) is 0.766. The van der Waals surface area contributed by atoms with Crippen LogP contribution >= 0.6 is 23.4 Å². The van der Waals surface area contributed by atoms with Crippen LogP contribution in [0, 0.1) is 0 Å². The Morgan fingerprint density at radius 3 is 2.76 bits per heavy atom. The van der Waals surface area contributed by atoms with Crippen molar-refractivity contribution in [2.45, 2.75) is 24.0 Å². The second-order valence-electron chi connectivity index (χ2n) is 5.02. The second-order valence-corrected chi connectivity index (χ2v) is 6.51. The summed E-state index contributed by atoms with van der Waals surface area (Å²) in [6.45, 7) is 2.31. The second kappa shape index (κ2) is 6.12. The van der Waals surface area contributed by atoms with E-state index in [2.05, 4.69) is 0 Å². The Morgan fingerprint density at radius 1 is 1.29 bits per heavy atom. The first-order valence-corrected chi connectivity index (χ1v) is 8.18. The van der Waals surface area contributed by atoms with Gasteiger partial charge in [-0.3, -0.25) is 4.79 Å². The maximum atomic E-state index is 11.3. The summed E-state index contributed by atoms with van der Waals surface area (Å²) in [4.78, 5) is 12.4. The molecular formula is C17H15ClO2S. The maximum absolute atomic E-state index is 11.3. The lowest BCUT2D eigenvalue weighted by molar-refractivity contribution is 0.101. The Labute approximate surface area is 133 Å². The molecule has 0 N–H and O–H groups in total. The molecule has 2 aromatic rings. The summed E-state index contributed by atoms with van der Waals surface area (Å²) < 4.78 is 5.71. The Hall–Kier alpha value is -1.45. The van der Waals surface area contributed by atoms with Crippen molar-refractivity contribution >= 4 is 29.1 Å². The molecule has 0 radical (unpaired) electrons. The van der Waals surface area contributed by atoms with Crippen molar-refractivity contribution in [1.82, 2.24) is 0 Å². The fourth-order valence-electron chi connectivity index (χ4n) is 2.40. The lowest BCUT2D eigenvalue weighted by atomic mass is 10.1. The SMILES string of the molecule is CC(=O)c1ccc(SCc2cc(Cl)cc3c2OCC3)cc1. The standard InChI is InChI=1S/C17H15ClO2S/c1-11(19)12-2-4-16(5-3-12)21-10-14-9-15(18)8-13-6-7-20-17(13)14/h2-5,8-9H,6-7,10H2,1H3. The third kappa shape index (κ3) is 3.25. The molecule has 3 rings (SSSR count). The Morgan fingerprint density at radius 2 is 2.05 bits per heavy atom. The van der Waals surface area contributed by atoms with Crippen molar-refractivity contribution in [2.75, 3.05) is 6.61 Å². The largest absolute Gasteiger partial charge is 0.493 e. The van der Waals surface area contributed by atoms with E-state index in [0.717, 1.165) is 45.6 Å². The van der Waals surface area contributed by atoms with Crippen molar-refractivity contribution in [2.24, 2.45) is 0 Å². The number of carbonyl (C=O) groups is 1. The molecule has 0 spiro atoms. The molecule has 0 bridgehead atoms. The molecule has 1 aliphatic heterocycles. The van der Waals surface area contributed by atoms with Gasteiger partial charge in [0.25, 0.3) is 0 Å². The highest BCUT2D eigenvalue weighted by molar-refractivity contribution is 7.98. The van der Waals surface area contributed by atoms with Crippen molar-refractivity contribution in [3.63, 3.8) is 0 Å². The molecule has 0 unspecified atom stereocenters. The first kappa shape index (κ1) is 14.5. The van der Waals surface area contributed by atoms with Crippen LogP contribution in [0.1, 0.15) is 28.4 Å².